The Balaban J connectivity index is 1.91. The molecule has 0 spiro atoms. The van der Waals surface area contributed by atoms with Crippen LogP contribution in [0.3, 0.4) is 0 Å². The average Bonchev–Trinajstić information content (AvgIpc) is 2.49. The molecule has 0 radical (unpaired) electrons. The maximum atomic E-state index is 5.83. The first-order chi connectivity index (χ1) is 9.72. The monoisotopic (exact) mass is 302 g/mol. The summed E-state index contributed by atoms with van der Waals surface area (Å²) in [6.45, 7) is 0. The second kappa shape index (κ2) is 5.53. The van der Waals surface area contributed by atoms with Crippen LogP contribution in [0.2, 0.25) is 10.0 Å². The Kier molecular flexibility index (Phi) is 3.58. The molecule has 0 amide bonds. The Hall–Kier alpha value is -2.04. The van der Waals surface area contributed by atoms with Gasteiger partial charge in [0.15, 0.2) is 0 Å². The van der Waals surface area contributed by atoms with Crippen LogP contribution in [-0.4, -0.2) is 20.4 Å². The van der Waals surface area contributed by atoms with Crippen LogP contribution in [0.5, 0.6) is 0 Å². The second-order valence-electron chi connectivity index (χ2n) is 4.06. The van der Waals surface area contributed by atoms with Gasteiger partial charge in [-0.1, -0.05) is 23.2 Å². The van der Waals surface area contributed by atoms with E-state index in [4.69, 9.17) is 23.2 Å². The van der Waals surface area contributed by atoms with E-state index in [1.165, 1.54) is 0 Å². The lowest BCUT2D eigenvalue weighted by molar-refractivity contribution is 0.876. The molecule has 4 nitrogen and oxygen atoms in total. The molecule has 0 bridgehead atoms. The van der Waals surface area contributed by atoms with Gasteiger partial charge in [-0.05, 0) is 48.5 Å². The van der Waals surface area contributed by atoms with E-state index >= 15 is 0 Å². The zero-order valence-electron chi connectivity index (χ0n) is 10.2. The van der Waals surface area contributed by atoms with Gasteiger partial charge < -0.3 is 0 Å². The van der Waals surface area contributed by atoms with Gasteiger partial charge in [0.2, 0.25) is 11.6 Å². The van der Waals surface area contributed by atoms with Crippen LogP contribution in [0.4, 0.5) is 0 Å². The molecule has 6 heteroatoms. The van der Waals surface area contributed by atoms with Crippen molar-refractivity contribution in [2.45, 2.75) is 0 Å². The fourth-order valence-electron chi connectivity index (χ4n) is 1.66. The minimum absolute atomic E-state index is 0.458. The molecule has 0 unspecified atom stereocenters. The van der Waals surface area contributed by atoms with Gasteiger partial charge in [-0.3, -0.25) is 0 Å². The van der Waals surface area contributed by atoms with Gasteiger partial charge in [-0.25, -0.2) is 0 Å². The smallest absolute Gasteiger partial charge is 0.126 e. The largest absolute Gasteiger partial charge is 0.203 e. The molecule has 0 aliphatic rings. The summed E-state index contributed by atoms with van der Waals surface area (Å²) < 4.78 is 0. The molecule has 0 saturated heterocycles. The fraction of sp³-hybridized carbons (Fsp3) is 0. The summed E-state index contributed by atoms with van der Waals surface area (Å²) >= 11 is 11.7. The molecule has 1 aromatic heterocycles. The Morgan fingerprint density at radius 2 is 0.800 bits per heavy atom. The van der Waals surface area contributed by atoms with Crippen LogP contribution in [-0.2, 0) is 0 Å². The lowest BCUT2D eigenvalue weighted by Gasteiger charge is -2.01. The van der Waals surface area contributed by atoms with E-state index in [-0.39, 0.29) is 0 Å². The van der Waals surface area contributed by atoms with Gasteiger partial charge in [0.25, 0.3) is 0 Å². The molecule has 0 saturated carbocycles. The van der Waals surface area contributed by atoms with E-state index in [2.05, 4.69) is 20.4 Å². The third-order valence-electron chi connectivity index (χ3n) is 2.68. The summed E-state index contributed by atoms with van der Waals surface area (Å²) in [5, 5.41) is 17.6. The molecule has 0 aliphatic carbocycles. The predicted octanol–water partition coefficient (Wildman–Crippen LogP) is 3.91. The van der Waals surface area contributed by atoms with Crippen molar-refractivity contribution in [2.75, 3.05) is 0 Å². The van der Waals surface area contributed by atoms with Gasteiger partial charge >= 0.3 is 0 Å². The van der Waals surface area contributed by atoms with Crippen molar-refractivity contribution in [2.24, 2.45) is 0 Å². The summed E-state index contributed by atoms with van der Waals surface area (Å²) in [5.41, 5.74) is 1.63. The fourth-order valence-corrected chi connectivity index (χ4v) is 1.91. The summed E-state index contributed by atoms with van der Waals surface area (Å²) in [4.78, 5) is 0. The normalized spacial score (nSPS) is 10.5. The maximum absolute atomic E-state index is 5.83. The molecule has 3 aromatic rings. The quantitative estimate of drug-likeness (QED) is 0.720. The van der Waals surface area contributed by atoms with Crippen LogP contribution in [0.1, 0.15) is 0 Å². The minimum atomic E-state index is 0.458. The van der Waals surface area contributed by atoms with E-state index in [9.17, 15) is 0 Å². The highest BCUT2D eigenvalue weighted by atomic mass is 35.5. The van der Waals surface area contributed by atoms with Crippen LogP contribution in [0, 0.1) is 0 Å². The predicted molar refractivity (Wildman–Crippen MR) is 78.5 cm³/mol. The highest BCUT2D eigenvalue weighted by Crippen LogP contribution is 2.19. The number of hydrogen-bond acceptors (Lipinski definition) is 4. The summed E-state index contributed by atoms with van der Waals surface area (Å²) in [7, 11) is 0. The van der Waals surface area contributed by atoms with Crippen molar-refractivity contribution in [1.82, 2.24) is 20.4 Å². The molecule has 1 heterocycles. The molecule has 2 aromatic carbocycles. The molecule has 0 N–H and O–H groups in total. The molecule has 98 valence electrons. The van der Waals surface area contributed by atoms with E-state index < -0.39 is 0 Å². The first-order valence-corrected chi connectivity index (χ1v) is 6.57. The van der Waals surface area contributed by atoms with E-state index in [0.29, 0.717) is 21.7 Å². The van der Waals surface area contributed by atoms with Gasteiger partial charge in [0, 0.05) is 21.2 Å². The minimum Gasteiger partial charge on any atom is -0.126 e. The highest BCUT2D eigenvalue weighted by molar-refractivity contribution is 6.30. The standard InChI is InChI=1S/C14H8Cl2N4/c15-11-5-1-9(2-6-11)13-17-19-14(20-18-13)10-3-7-12(16)8-4-10/h1-8H. The van der Waals surface area contributed by atoms with E-state index in [1.54, 1.807) is 24.3 Å². The average molecular weight is 303 g/mol. The van der Waals surface area contributed by atoms with E-state index in [0.717, 1.165) is 11.1 Å². The number of rotatable bonds is 2. The van der Waals surface area contributed by atoms with Crippen molar-refractivity contribution in [1.29, 1.82) is 0 Å². The molecule has 3 rings (SSSR count). The molecule has 0 aliphatic heterocycles. The zero-order chi connectivity index (χ0) is 13.9. The third kappa shape index (κ3) is 2.76. The summed E-state index contributed by atoms with van der Waals surface area (Å²) in [6, 6.07) is 14.4. The lowest BCUT2D eigenvalue weighted by atomic mass is 10.2. The molecular formula is C14H8Cl2N4. The SMILES string of the molecule is Clc1ccc(-c2nnc(-c3ccc(Cl)cc3)nn2)cc1. The van der Waals surface area contributed by atoms with Crippen molar-refractivity contribution in [3.8, 4) is 22.8 Å². The lowest BCUT2D eigenvalue weighted by Crippen LogP contribution is -1.99. The Bertz CT molecular complexity index is 645. The first-order valence-electron chi connectivity index (χ1n) is 5.82. The zero-order valence-corrected chi connectivity index (χ0v) is 11.7. The van der Waals surface area contributed by atoms with Crippen LogP contribution < -0.4 is 0 Å². The van der Waals surface area contributed by atoms with Crippen LogP contribution in [0.25, 0.3) is 22.8 Å². The molecular weight excluding hydrogens is 295 g/mol. The highest BCUT2D eigenvalue weighted by Gasteiger charge is 2.06. The van der Waals surface area contributed by atoms with Gasteiger partial charge in [0.05, 0.1) is 0 Å². The Labute approximate surface area is 125 Å². The molecule has 0 fully saturated rings. The van der Waals surface area contributed by atoms with Crippen molar-refractivity contribution < 1.29 is 0 Å². The molecule has 0 atom stereocenters. The topological polar surface area (TPSA) is 51.6 Å². The number of hydrogen-bond donors (Lipinski definition) is 0. The van der Waals surface area contributed by atoms with Crippen LogP contribution in [0.15, 0.2) is 48.5 Å². The number of benzene rings is 2. The number of halogens is 2. The van der Waals surface area contributed by atoms with Crippen LogP contribution >= 0.6 is 23.2 Å². The maximum Gasteiger partial charge on any atom is 0.203 e. The summed E-state index contributed by atoms with van der Waals surface area (Å²) in [5.74, 6) is 0.916. The number of aromatic nitrogens is 4. The third-order valence-corrected chi connectivity index (χ3v) is 3.19. The van der Waals surface area contributed by atoms with Crippen molar-refractivity contribution in [3.63, 3.8) is 0 Å². The first kappa shape index (κ1) is 13.0. The molecule has 20 heavy (non-hydrogen) atoms. The van der Waals surface area contributed by atoms with Crippen molar-refractivity contribution >= 4 is 23.2 Å². The van der Waals surface area contributed by atoms with Crippen molar-refractivity contribution in [3.05, 3.63) is 58.6 Å². The second-order valence-corrected chi connectivity index (χ2v) is 4.93. The number of nitrogens with zero attached hydrogens (tertiary/aromatic N) is 4. The Morgan fingerprint density at radius 1 is 0.500 bits per heavy atom. The van der Waals surface area contributed by atoms with Gasteiger partial charge in [-0.15, -0.1) is 20.4 Å². The van der Waals surface area contributed by atoms with E-state index in [1.807, 2.05) is 24.3 Å². The Morgan fingerprint density at radius 3 is 1.10 bits per heavy atom. The van der Waals surface area contributed by atoms with Gasteiger partial charge in [-0.2, -0.15) is 0 Å². The summed E-state index contributed by atoms with van der Waals surface area (Å²) in [6.07, 6.45) is 0. The van der Waals surface area contributed by atoms with Gasteiger partial charge in [0.1, 0.15) is 0 Å².